The lowest BCUT2D eigenvalue weighted by molar-refractivity contribution is 0.0909. The zero-order chi connectivity index (χ0) is 24.9. The van der Waals surface area contributed by atoms with Crippen molar-refractivity contribution < 1.29 is 9.53 Å². The first-order valence-electron chi connectivity index (χ1n) is 12.7. The second kappa shape index (κ2) is 11.4. The van der Waals surface area contributed by atoms with Crippen LogP contribution in [0.15, 0.2) is 60.8 Å². The largest absolute Gasteiger partial charge is 0.378 e. The Labute approximate surface area is 218 Å². The molecule has 0 unspecified atom stereocenters. The maximum atomic E-state index is 13.0. The van der Waals surface area contributed by atoms with E-state index in [4.69, 9.17) is 16.3 Å². The smallest absolute Gasteiger partial charge is 0.251 e. The molecule has 3 aromatic rings. The zero-order valence-corrected chi connectivity index (χ0v) is 21.5. The molecule has 2 aromatic carbocycles. The first-order chi connectivity index (χ1) is 17.5. The zero-order valence-electron chi connectivity index (χ0n) is 20.8. The molecule has 2 saturated heterocycles. The number of benzene rings is 2. The Hall–Kier alpha value is -2.93. The van der Waals surface area contributed by atoms with Gasteiger partial charge in [-0.2, -0.15) is 0 Å². The molecule has 0 bridgehead atoms. The second-order valence-electron chi connectivity index (χ2n) is 9.71. The van der Waals surface area contributed by atoms with Crippen molar-refractivity contribution in [3.63, 3.8) is 0 Å². The van der Waals surface area contributed by atoms with Crippen LogP contribution in [0.4, 0.5) is 5.82 Å². The Kier molecular flexibility index (Phi) is 7.85. The van der Waals surface area contributed by atoms with Crippen LogP contribution in [0.3, 0.4) is 0 Å². The van der Waals surface area contributed by atoms with E-state index >= 15 is 0 Å². The van der Waals surface area contributed by atoms with Crippen LogP contribution in [0.5, 0.6) is 0 Å². The van der Waals surface area contributed by atoms with Crippen LogP contribution >= 0.6 is 11.6 Å². The molecule has 6 nitrogen and oxygen atoms in total. The highest BCUT2D eigenvalue weighted by Gasteiger charge is 2.22. The van der Waals surface area contributed by atoms with Crippen LogP contribution in [-0.4, -0.2) is 61.2 Å². The summed E-state index contributed by atoms with van der Waals surface area (Å²) in [5.41, 5.74) is 4.95. The summed E-state index contributed by atoms with van der Waals surface area (Å²) in [5.74, 6) is 0.984. The third kappa shape index (κ3) is 6.06. The number of halogens is 1. The summed E-state index contributed by atoms with van der Waals surface area (Å²) in [6, 6.07) is 18.2. The Bertz CT molecular complexity index is 1170. The topological polar surface area (TPSA) is 57.7 Å². The summed E-state index contributed by atoms with van der Waals surface area (Å²) >= 11 is 6.45. The molecule has 7 heteroatoms. The van der Waals surface area contributed by atoms with Gasteiger partial charge >= 0.3 is 0 Å². The van der Waals surface area contributed by atoms with Crippen LogP contribution in [0.2, 0.25) is 5.02 Å². The van der Waals surface area contributed by atoms with E-state index in [1.165, 1.54) is 11.1 Å². The van der Waals surface area contributed by atoms with Crippen LogP contribution in [0.25, 0.3) is 11.1 Å². The number of nitrogens with zero attached hydrogens (tertiary/aromatic N) is 3. The lowest BCUT2D eigenvalue weighted by Crippen LogP contribution is -2.44. The van der Waals surface area contributed by atoms with Crippen molar-refractivity contribution in [1.82, 2.24) is 15.2 Å². The molecular weight excluding hydrogens is 472 g/mol. The molecule has 0 aliphatic carbocycles. The van der Waals surface area contributed by atoms with E-state index in [2.05, 4.69) is 51.3 Å². The minimum Gasteiger partial charge on any atom is -0.378 e. The number of likely N-dealkylation sites (tertiary alicyclic amines) is 1. The standard InChI is InChI=1S/C29H33ClN4O2/c1-21-2-5-23(6-3-21)26-18-24(7-8-27(26)30)29(35)32-25-10-12-33(13-11-25)20-22-4-9-28(31-19-22)34-14-16-36-17-15-34/h2-9,18-19,25H,10-17,20H2,1H3,(H,32,35). The molecule has 188 valence electrons. The van der Waals surface area contributed by atoms with E-state index < -0.39 is 0 Å². The van der Waals surface area contributed by atoms with Crippen molar-refractivity contribution in [3.8, 4) is 11.1 Å². The normalized spacial score (nSPS) is 17.2. The van der Waals surface area contributed by atoms with Gasteiger partial charge in [0.1, 0.15) is 5.82 Å². The summed E-state index contributed by atoms with van der Waals surface area (Å²) in [7, 11) is 0. The third-order valence-electron chi connectivity index (χ3n) is 7.06. The minimum atomic E-state index is -0.0404. The van der Waals surface area contributed by atoms with Crippen molar-refractivity contribution in [2.45, 2.75) is 32.4 Å². The van der Waals surface area contributed by atoms with Gasteiger partial charge in [-0.25, -0.2) is 4.98 Å². The molecule has 3 heterocycles. The number of piperidine rings is 1. The van der Waals surface area contributed by atoms with Crippen molar-refractivity contribution in [2.24, 2.45) is 0 Å². The van der Waals surface area contributed by atoms with Gasteiger partial charge in [0, 0.05) is 61.1 Å². The number of carbonyl (C=O) groups excluding carboxylic acids is 1. The summed E-state index contributed by atoms with van der Waals surface area (Å²) in [6.45, 7) is 8.16. The van der Waals surface area contributed by atoms with Crippen LogP contribution in [0.1, 0.15) is 34.3 Å². The van der Waals surface area contributed by atoms with Gasteiger partial charge in [0.25, 0.3) is 5.91 Å². The molecule has 0 radical (unpaired) electrons. The SMILES string of the molecule is Cc1ccc(-c2cc(C(=O)NC3CCN(Cc4ccc(N5CCOCC5)nc4)CC3)ccc2Cl)cc1. The third-order valence-corrected chi connectivity index (χ3v) is 7.39. The monoisotopic (exact) mass is 504 g/mol. The van der Waals surface area contributed by atoms with Crippen LogP contribution in [-0.2, 0) is 11.3 Å². The highest BCUT2D eigenvalue weighted by atomic mass is 35.5. The number of anilines is 1. The molecular formula is C29H33ClN4O2. The van der Waals surface area contributed by atoms with Crippen molar-refractivity contribution in [2.75, 3.05) is 44.3 Å². The molecule has 0 saturated carbocycles. The Morgan fingerprint density at radius 1 is 1.03 bits per heavy atom. The molecule has 2 aliphatic rings. The number of ether oxygens (including phenoxy) is 1. The average molecular weight is 505 g/mol. The van der Waals surface area contributed by atoms with E-state index in [1.54, 1.807) is 6.07 Å². The molecule has 1 N–H and O–H groups in total. The molecule has 1 amide bonds. The average Bonchev–Trinajstić information content (AvgIpc) is 2.91. The van der Waals surface area contributed by atoms with E-state index in [0.29, 0.717) is 10.6 Å². The number of nitrogens with one attached hydrogen (secondary N) is 1. The number of amides is 1. The van der Waals surface area contributed by atoms with Gasteiger partial charge < -0.3 is 15.0 Å². The Balaban J connectivity index is 1.13. The first-order valence-corrected chi connectivity index (χ1v) is 13.1. The fourth-order valence-electron chi connectivity index (χ4n) is 4.87. The van der Waals surface area contributed by atoms with E-state index in [1.807, 2.05) is 30.5 Å². The van der Waals surface area contributed by atoms with Crippen LogP contribution < -0.4 is 10.2 Å². The molecule has 5 rings (SSSR count). The number of hydrogen-bond acceptors (Lipinski definition) is 5. The quantitative estimate of drug-likeness (QED) is 0.515. The van der Waals surface area contributed by atoms with E-state index in [9.17, 15) is 4.79 Å². The maximum Gasteiger partial charge on any atom is 0.251 e. The molecule has 2 aliphatic heterocycles. The maximum absolute atomic E-state index is 13.0. The number of aryl methyl sites for hydroxylation is 1. The number of rotatable bonds is 6. The van der Waals surface area contributed by atoms with Gasteiger partial charge in [-0.3, -0.25) is 9.69 Å². The highest BCUT2D eigenvalue weighted by Crippen LogP contribution is 2.29. The first kappa shape index (κ1) is 24.8. The predicted molar refractivity (Wildman–Crippen MR) is 145 cm³/mol. The Morgan fingerprint density at radius 2 is 1.78 bits per heavy atom. The summed E-state index contributed by atoms with van der Waals surface area (Å²) in [5, 5.41) is 3.88. The minimum absolute atomic E-state index is 0.0404. The van der Waals surface area contributed by atoms with Crippen LogP contribution in [0, 0.1) is 6.92 Å². The number of aromatic nitrogens is 1. The summed E-state index contributed by atoms with van der Waals surface area (Å²) in [6.07, 6.45) is 3.86. The Morgan fingerprint density at radius 3 is 2.47 bits per heavy atom. The molecule has 36 heavy (non-hydrogen) atoms. The van der Waals surface area contributed by atoms with Gasteiger partial charge in [-0.1, -0.05) is 47.5 Å². The molecule has 0 atom stereocenters. The lowest BCUT2D eigenvalue weighted by Gasteiger charge is -2.32. The lowest BCUT2D eigenvalue weighted by atomic mass is 10.0. The molecule has 0 spiro atoms. The van der Waals surface area contributed by atoms with Gasteiger partial charge in [-0.15, -0.1) is 0 Å². The van der Waals surface area contributed by atoms with E-state index in [-0.39, 0.29) is 11.9 Å². The van der Waals surface area contributed by atoms with Gasteiger partial charge in [0.15, 0.2) is 0 Å². The van der Waals surface area contributed by atoms with E-state index in [0.717, 1.165) is 75.7 Å². The van der Waals surface area contributed by atoms with Gasteiger partial charge in [-0.05, 0) is 55.2 Å². The molecule has 1 aromatic heterocycles. The highest BCUT2D eigenvalue weighted by molar-refractivity contribution is 6.33. The summed E-state index contributed by atoms with van der Waals surface area (Å²) in [4.78, 5) is 22.4. The number of hydrogen-bond donors (Lipinski definition) is 1. The number of morpholine rings is 1. The number of pyridine rings is 1. The summed E-state index contributed by atoms with van der Waals surface area (Å²) < 4.78 is 5.43. The number of carbonyl (C=O) groups is 1. The van der Waals surface area contributed by atoms with Crippen molar-refractivity contribution in [1.29, 1.82) is 0 Å². The van der Waals surface area contributed by atoms with Crippen molar-refractivity contribution >= 4 is 23.3 Å². The fraction of sp³-hybridized carbons (Fsp3) is 0.379. The second-order valence-corrected chi connectivity index (χ2v) is 10.1. The van der Waals surface area contributed by atoms with Crippen molar-refractivity contribution in [3.05, 3.63) is 82.5 Å². The van der Waals surface area contributed by atoms with Gasteiger partial charge in [0.05, 0.1) is 13.2 Å². The molecule has 2 fully saturated rings. The fourth-order valence-corrected chi connectivity index (χ4v) is 5.10. The predicted octanol–water partition coefficient (Wildman–Crippen LogP) is 4.94. The van der Waals surface area contributed by atoms with Gasteiger partial charge in [0.2, 0.25) is 0 Å².